The maximum Gasteiger partial charge on any atom is 0.397 e. The van der Waals surface area contributed by atoms with Crippen LogP contribution in [0.25, 0.3) is 0 Å². The Morgan fingerprint density at radius 1 is 0.960 bits per heavy atom. The van der Waals surface area contributed by atoms with Gasteiger partial charge < -0.3 is 10.1 Å². The van der Waals surface area contributed by atoms with E-state index in [0.717, 1.165) is 0 Å². The highest BCUT2D eigenvalue weighted by molar-refractivity contribution is 6.39. The van der Waals surface area contributed by atoms with Crippen molar-refractivity contribution in [3.63, 3.8) is 0 Å². The molecule has 0 saturated heterocycles. The van der Waals surface area contributed by atoms with Crippen LogP contribution in [-0.4, -0.2) is 30.0 Å². The second-order valence-corrected chi connectivity index (χ2v) is 5.56. The van der Waals surface area contributed by atoms with Gasteiger partial charge in [0.15, 0.2) is 11.6 Å². The Labute approximate surface area is 143 Å². The molecule has 2 aromatic carbocycles. The molecule has 1 aliphatic rings. The van der Waals surface area contributed by atoms with Gasteiger partial charge in [-0.15, -0.1) is 0 Å². The smallest absolute Gasteiger partial charge is 0.397 e. The molecule has 1 aliphatic carbocycles. The number of carbonyl (C=O) groups is 4. The Hall–Kier alpha value is -3.28. The molecule has 126 valence electrons. The molecule has 0 radical (unpaired) electrons. The molecule has 2 aromatic rings. The van der Waals surface area contributed by atoms with Gasteiger partial charge in [-0.2, -0.15) is 0 Å². The first kappa shape index (κ1) is 16.6. The van der Waals surface area contributed by atoms with Gasteiger partial charge in [0.25, 0.3) is 0 Å². The summed E-state index contributed by atoms with van der Waals surface area (Å²) in [7, 11) is 0. The Kier molecular flexibility index (Phi) is 4.19. The molecular weight excluding hydrogens is 322 g/mol. The van der Waals surface area contributed by atoms with Crippen LogP contribution < -0.4 is 5.32 Å². The molecule has 0 aromatic heterocycles. The first-order valence-corrected chi connectivity index (χ1v) is 7.75. The van der Waals surface area contributed by atoms with Crippen LogP contribution in [0, 0.1) is 6.92 Å². The maximum atomic E-state index is 12.9. The quantitative estimate of drug-likeness (QED) is 0.572. The van der Waals surface area contributed by atoms with E-state index in [4.69, 9.17) is 0 Å². The fourth-order valence-electron chi connectivity index (χ4n) is 2.81. The minimum Gasteiger partial charge on any atom is -0.459 e. The van der Waals surface area contributed by atoms with Gasteiger partial charge in [0, 0.05) is 16.7 Å². The van der Waals surface area contributed by atoms with Crippen molar-refractivity contribution < 1.29 is 23.9 Å². The van der Waals surface area contributed by atoms with E-state index in [2.05, 4.69) is 10.1 Å². The van der Waals surface area contributed by atoms with Crippen molar-refractivity contribution in [2.75, 3.05) is 11.9 Å². The highest BCUT2D eigenvalue weighted by Gasteiger charge is 2.33. The van der Waals surface area contributed by atoms with Gasteiger partial charge in [0.05, 0.1) is 17.9 Å². The molecule has 0 spiro atoms. The van der Waals surface area contributed by atoms with Crippen molar-refractivity contribution in [1.82, 2.24) is 0 Å². The van der Waals surface area contributed by atoms with Crippen LogP contribution in [0.1, 0.15) is 44.3 Å². The van der Waals surface area contributed by atoms with Crippen LogP contribution in [0.15, 0.2) is 36.4 Å². The van der Waals surface area contributed by atoms with Gasteiger partial charge >= 0.3 is 11.9 Å². The largest absolute Gasteiger partial charge is 0.459 e. The summed E-state index contributed by atoms with van der Waals surface area (Å²) < 4.78 is 4.66. The van der Waals surface area contributed by atoms with Gasteiger partial charge in [-0.3, -0.25) is 14.4 Å². The maximum absolute atomic E-state index is 12.9. The second kappa shape index (κ2) is 6.32. The van der Waals surface area contributed by atoms with E-state index in [1.165, 1.54) is 0 Å². The average molecular weight is 337 g/mol. The van der Waals surface area contributed by atoms with Crippen LogP contribution in [0.2, 0.25) is 0 Å². The number of esters is 1. The van der Waals surface area contributed by atoms with E-state index in [-0.39, 0.29) is 40.6 Å². The lowest BCUT2D eigenvalue weighted by atomic mass is 9.82. The fourth-order valence-corrected chi connectivity index (χ4v) is 2.81. The number of ether oxygens (including phenoxy) is 1. The van der Waals surface area contributed by atoms with E-state index in [1.54, 1.807) is 50.2 Å². The van der Waals surface area contributed by atoms with Crippen LogP contribution in [-0.2, 0) is 14.3 Å². The first-order chi connectivity index (χ1) is 12.0. The molecule has 1 amide bonds. The van der Waals surface area contributed by atoms with Crippen LogP contribution in [0.5, 0.6) is 0 Å². The van der Waals surface area contributed by atoms with Crippen LogP contribution >= 0.6 is 0 Å². The highest BCUT2D eigenvalue weighted by Crippen LogP contribution is 2.33. The van der Waals surface area contributed by atoms with Crippen molar-refractivity contribution in [2.45, 2.75) is 13.8 Å². The summed E-state index contributed by atoms with van der Waals surface area (Å²) in [6.45, 7) is 3.32. The van der Waals surface area contributed by atoms with E-state index >= 15 is 0 Å². The molecule has 0 bridgehead atoms. The predicted molar refractivity (Wildman–Crippen MR) is 89.7 cm³/mol. The lowest BCUT2D eigenvalue weighted by Gasteiger charge is -2.21. The monoisotopic (exact) mass is 337 g/mol. The van der Waals surface area contributed by atoms with Crippen molar-refractivity contribution in [1.29, 1.82) is 0 Å². The fraction of sp³-hybridized carbons (Fsp3) is 0.158. The van der Waals surface area contributed by atoms with Gasteiger partial charge in [-0.25, -0.2) is 4.79 Å². The van der Waals surface area contributed by atoms with E-state index in [0.29, 0.717) is 11.1 Å². The molecule has 0 saturated carbocycles. The zero-order valence-corrected chi connectivity index (χ0v) is 13.7. The molecule has 6 heteroatoms. The standard InChI is InChI=1S/C19H15NO5/c1-3-25-19(24)18(23)20-15-10(2)8-9-13-14(15)17(22)12-7-5-4-6-11(12)16(13)21/h4-9H,3H2,1-2H3,(H,20,23). The van der Waals surface area contributed by atoms with E-state index < -0.39 is 11.9 Å². The number of aryl methyl sites for hydroxylation is 1. The number of fused-ring (bicyclic) bond motifs is 2. The Morgan fingerprint density at radius 3 is 2.24 bits per heavy atom. The third kappa shape index (κ3) is 2.71. The number of hydrogen-bond donors (Lipinski definition) is 1. The predicted octanol–water partition coefficient (Wildman–Crippen LogP) is 2.27. The summed E-state index contributed by atoms with van der Waals surface area (Å²) in [4.78, 5) is 49.1. The molecular formula is C19H15NO5. The number of hydrogen-bond acceptors (Lipinski definition) is 5. The normalized spacial score (nSPS) is 12.2. The SMILES string of the molecule is CCOC(=O)C(=O)Nc1c(C)ccc2c1C(=O)c1ccccc1C2=O. The molecule has 3 rings (SSSR count). The molecule has 0 unspecified atom stereocenters. The minimum atomic E-state index is -1.05. The molecule has 6 nitrogen and oxygen atoms in total. The first-order valence-electron chi connectivity index (χ1n) is 7.75. The topological polar surface area (TPSA) is 89.5 Å². The lowest BCUT2D eigenvalue weighted by Crippen LogP contribution is -2.28. The summed E-state index contributed by atoms with van der Waals surface area (Å²) in [6, 6.07) is 9.70. The Morgan fingerprint density at radius 2 is 1.60 bits per heavy atom. The number of rotatable bonds is 2. The molecule has 25 heavy (non-hydrogen) atoms. The van der Waals surface area contributed by atoms with Crippen molar-refractivity contribution >= 4 is 29.1 Å². The molecule has 0 fully saturated rings. The van der Waals surface area contributed by atoms with Crippen molar-refractivity contribution in [2.24, 2.45) is 0 Å². The highest BCUT2D eigenvalue weighted by atomic mass is 16.5. The number of benzene rings is 2. The summed E-state index contributed by atoms with van der Waals surface area (Å²) in [5.41, 5.74) is 1.62. The van der Waals surface area contributed by atoms with Crippen molar-refractivity contribution in [3.8, 4) is 0 Å². The third-order valence-corrected chi connectivity index (χ3v) is 4.00. The number of nitrogens with one attached hydrogen (secondary N) is 1. The third-order valence-electron chi connectivity index (χ3n) is 4.00. The number of anilines is 1. The van der Waals surface area contributed by atoms with Crippen LogP contribution in [0.3, 0.4) is 0 Å². The molecule has 0 atom stereocenters. The summed E-state index contributed by atoms with van der Waals surface area (Å²) in [5.74, 6) is -2.70. The number of amides is 1. The van der Waals surface area contributed by atoms with Gasteiger partial charge in [-0.05, 0) is 25.5 Å². The van der Waals surface area contributed by atoms with E-state index in [9.17, 15) is 19.2 Å². The second-order valence-electron chi connectivity index (χ2n) is 5.56. The number of carbonyl (C=O) groups excluding carboxylic acids is 4. The Bertz CT molecular complexity index is 929. The molecule has 1 N–H and O–H groups in total. The van der Waals surface area contributed by atoms with Gasteiger partial charge in [0.2, 0.25) is 0 Å². The lowest BCUT2D eigenvalue weighted by molar-refractivity contribution is -0.152. The number of ketones is 2. The Balaban J connectivity index is 2.11. The summed E-state index contributed by atoms with van der Waals surface area (Å²) in [5, 5.41) is 2.42. The summed E-state index contributed by atoms with van der Waals surface area (Å²) >= 11 is 0. The summed E-state index contributed by atoms with van der Waals surface area (Å²) in [6.07, 6.45) is 0. The molecule has 0 heterocycles. The van der Waals surface area contributed by atoms with Gasteiger partial charge in [-0.1, -0.05) is 30.3 Å². The van der Waals surface area contributed by atoms with E-state index in [1.807, 2.05) is 0 Å². The van der Waals surface area contributed by atoms with Crippen molar-refractivity contribution in [3.05, 3.63) is 64.2 Å². The zero-order valence-electron chi connectivity index (χ0n) is 13.7. The zero-order chi connectivity index (χ0) is 18.1. The van der Waals surface area contributed by atoms with Gasteiger partial charge in [0.1, 0.15) is 0 Å². The molecule has 0 aliphatic heterocycles. The minimum absolute atomic E-state index is 0.0585. The van der Waals surface area contributed by atoms with Crippen LogP contribution in [0.4, 0.5) is 5.69 Å². The average Bonchev–Trinajstić information content (AvgIpc) is 2.61.